The molecular formula is C16H29N3O. The first-order chi connectivity index (χ1) is 9.67. The van der Waals surface area contributed by atoms with Gasteiger partial charge in [-0.25, -0.2) is 0 Å². The van der Waals surface area contributed by atoms with Crippen molar-refractivity contribution in [1.29, 1.82) is 0 Å². The zero-order chi connectivity index (χ0) is 14.0. The fraction of sp³-hybridized carbons (Fsp3) is 0.938. The molecule has 3 aliphatic rings. The number of rotatable bonds is 3. The lowest BCUT2D eigenvalue weighted by Gasteiger charge is -2.37. The molecule has 1 aliphatic heterocycles. The van der Waals surface area contributed by atoms with Gasteiger partial charge in [-0.15, -0.1) is 0 Å². The van der Waals surface area contributed by atoms with Crippen molar-refractivity contribution in [1.82, 2.24) is 10.2 Å². The van der Waals surface area contributed by atoms with Crippen LogP contribution in [0.5, 0.6) is 0 Å². The van der Waals surface area contributed by atoms with Crippen LogP contribution in [0.3, 0.4) is 0 Å². The van der Waals surface area contributed by atoms with E-state index in [9.17, 15) is 4.79 Å². The highest BCUT2D eigenvalue weighted by Crippen LogP contribution is 2.29. The first-order valence-electron chi connectivity index (χ1n) is 8.51. The van der Waals surface area contributed by atoms with Crippen LogP contribution in [0, 0.1) is 0 Å². The summed E-state index contributed by atoms with van der Waals surface area (Å²) in [5.41, 5.74) is 5.66. The summed E-state index contributed by atoms with van der Waals surface area (Å²) in [5.74, 6) is 0.106. The second-order valence-electron chi connectivity index (χ2n) is 7.09. The van der Waals surface area contributed by atoms with Gasteiger partial charge in [-0.05, 0) is 38.5 Å². The Morgan fingerprint density at radius 3 is 2.20 bits per heavy atom. The Morgan fingerprint density at radius 1 is 1.00 bits per heavy atom. The highest BCUT2D eigenvalue weighted by atomic mass is 16.2. The van der Waals surface area contributed by atoms with Crippen molar-refractivity contribution in [2.24, 2.45) is 5.73 Å². The summed E-state index contributed by atoms with van der Waals surface area (Å²) in [4.78, 5) is 15.0. The van der Waals surface area contributed by atoms with Gasteiger partial charge in [-0.3, -0.25) is 4.79 Å². The third-order valence-corrected chi connectivity index (χ3v) is 5.65. The van der Waals surface area contributed by atoms with Crippen molar-refractivity contribution in [2.75, 3.05) is 13.1 Å². The summed E-state index contributed by atoms with van der Waals surface area (Å²) in [6.45, 7) is 2.29. The molecule has 0 aromatic carbocycles. The molecule has 4 nitrogen and oxygen atoms in total. The Labute approximate surface area is 122 Å². The van der Waals surface area contributed by atoms with E-state index in [4.69, 9.17) is 5.73 Å². The molecule has 0 unspecified atom stereocenters. The van der Waals surface area contributed by atoms with E-state index in [-0.39, 0.29) is 5.91 Å². The number of likely N-dealkylation sites (tertiary alicyclic amines) is 1. The number of nitrogens with zero attached hydrogens (tertiary/aromatic N) is 1. The standard InChI is InChI=1S/C16H29N3O/c17-16(9-3-4-10-16)15(20)18-13-7-11-19(12-8-13)14-5-1-2-6-14/h13-14H,1-12,17H2,(H,18,20). The lowest BCUT2D eigenvalue weighted by Crippen LogP contribution is -2.56. The maximum absolute atomic E-state index is 12.3. The molecule has 0 aromatic heterocycles. The van der Waals surface area contributed by atoms with Crippen LogP contribution in [0.25, 0.3) is 0 Å². The molecule has 4 heteroatoms. The van der Waals surface area contributed by atoms with Gasteiger partial charge in [0.2, 0.25) is 5.91 Å². The fourth-order valence-corrected chi connectivity index (χ4v) is 4.24. The number of hydrogen-bond donors (Lipinski definition) is 2. The minimum absolute atomic E-state index is 0.106. The lowest BCUT2D eigenvalue weighted by molar-refractivity contribution is -0.127. The molecule has 1 amide bonds. The van der Waals surface area contributed by atoms with Crippen LogP contribution in [0.4, 0.5) is 0 Å². The first-order valence-corrected chi connectivity index (χ1v) is 8.51. The van der Waals surface area contributed by atoms with E-state index < -0.39 is 5.54 Å². The molecule has 1 heterocycles. The molecule has 20 heavy (non-hydrogen) atoms. The minimum Gasteiger partial charge on any atom is -0.352 e. The van der Waals surface area contributed by atoms with E-state index in [0.29, 0.717) is 6.04 Å². The monoisotopic (exact) mass is 279 g/mol. The fourth-order valence-electron chi connectivity index (χ4n) is 4.24. The Morgan fingerprint density at radius 2 is 1.60 bits per heavy atom. The zero-order valence-electron chi connectivity index (χ0n) is 12.6. The number of hydrogen-bond acceptors (Lipinski definition) is 3. The zero-order valence-corrected chi connectivity index (χ0v) is 12.6. The van der Waals surface area contributed by atoms with Crippen molar-refractivity contribution >= 4 is 5.91 Å². The summed E-state index contributed by atoms with van der Waals surface area (Å²) in [5, 5.41) is 3.22. The van der Waals surface area contributed by atoms with Gasteiger partial charge in [0.1, 0.15) is 0 Å². The lowest BCUT2D eigenvalue weighted by atomic mass is 9.96. The SMILES string of the molecule is NC1(C(=O)NC2CCN(C3CCCC3)CC2)CCCC1. The first kappa shape index (κ1) is 14.3. The summed E-state index contributed by atoms with van der Waals surface area (Å²) >= 11 is 0. The number of carbonyl (C=O) groups excluding carboxylic acids is 1. The van der Waals surface area contributed by atoms with Crippen molar-refractivity contribution in [3.63, 3.8) is 0 Å². The second-order valence-corrected chi connectivity index (χ2v) is 7.09. The highest BCUT2D eigenvalue weighted by Gasteiger charge is 2.38. The second kappa shape index (κ2) is 6.02. The average Bonchev–Trinajstić information content (AvgIpc) is 3.11. The summed E-state index contributed by atoms with van der Waals surface area (Å²) in [6.07, 6.45) is 11.7. The van der Waals surface area contributed by atoms with Crippen LogP contribution >= 0.6 is 0 Å². The molecule has 0 radical (unpaired) electrons. The smallest absolute Gasteiger partial charge is 0.240 e. The van der Waals surface area contributed by atoms with Gasteiger partial charge in [0.05, 0.1) is 5.54 Å². The molecular weight excluding hydrogens is 250 g/mol. The maximum atomic E-state index is 12.3. The van der Waals surface area contributed by atoms with E-state index in [1.807, 2.05) is 0 Å². The van der Waals surface area contributed by atoms with Crippen LogP contribution in [0.2, 0.25) is 0 Å². The van der Waals surface area contributed by atoms with Crippen LogP contribution in [-0.2, 0) is 4.79 Å². The molecule has 2 aliphatic carbocycles. The van der Waals surface area contributed by atoms with Gasteiger partial charge in [-0.1, -0.05) is 25.7 Å². The quantitative estimate of drug-likeness (QED) is 0.828. The Bertz CT molecular complexity index is 338. The van der Waals surface area contributed by atoms with Gasteiger partial charge in [-0.2, -0.15) is 0 Å². The van der Waals surface area contributed by atoms with Crippen LogP contribution < -0.4 is 11.1 Å². The van der Waals surface area contributed by atoms with Crippen molar-refractivity contribution in [3.05, 3.63) is 0 Å². The largest absolute Gasteiger partial charge is 0.352 e. The summed E-state index contributed by atoms with van der Waals surface area (Å²) in [6, 6.07) is 1.17. The number of nitrogens with two attached hydrogens (primary N) is 1. The van der Waals surface area contributed by atoms with Crippen molar-refractivity contribution < 1.29 is 4.79 Å². The Balaban J connectivity index is 1.45. The van der Waals surface area contributed by atoms with E-state index in [1.54, 1.807) is 0 Å². The molecule has 0 spiro atoms. The summed E-state index contributed by atoms with van der Waals surface area (Å²) in [7, 11) is 0. The highest BCUT2D eigenvalue weighted by molar-refractivity contribution is 5.86. The van der Waals surface area contributed by atoms with Crippen LogP contribution in [0.15, 0.2) is 0 Å². The molecule has 114 valence electrons. The van der Waals surface area contributed by atoms with E-state index >= 15 is 0 Å². The van der Waals surface area contributed by atoms with Crippen LogP contribution in [0.1, 0.15) is 64.2 Å². The van der Waals surface area contributed by atoms with Crippen LogP contribution in [-0.4, -0.2) is 41.5 Å². The van der Waals surface area contributed by atoms with Crippen molar-refractivity contribution in [3.8, 4) is 0 Å². The molecule has 1 saturated heterocycles. The third-order valence-electron chi connectivity index (χ3n) is 5.65. The van der Waals surface area contributed by atoms with Gasteiger partial charge in [0, 0.05) is 25.2 Å². The molecule has 3 N–H and O–H groups in total. The molecule has 3 fully saturated rings. The topological polar surface area (TPSA) is 58.4 Å². The number of amides is 1. The normalized spacial score (nSPS) is 28.9. The molecule has 0 atom stereocenters. The molecule has 3 rings (SSSR count). The minimum atomic E-state index is -0.567. The van der Waals surface area contributed by atoms with Gasteiger partial charge >= 0.3 is 0 Å². The van der Waals surface area contributed by atoms with E-state index in [1.165, 1.54) is 25.7 Å². The predicted octanol–water partition coefficient (Wildman–Crippen LogP) is 1.78. The predicted molar refractivity (Wildman–Crippen MR) is 80.4 cm³/mol. The van der Waals surface area contributed by atoms with E-state index in [2.05, 4.69) is 10.2 Å². The molecule has 2 saturated carbocycles. The van der Waals surface area contributed by atoms with Gasteiger partial charge in [0.25, 0.3) is 0 Å². The van der Waals surface area contributed by atoms with Crippen molar-refractivity contribution in [2.45, 2.75) is 81.8 Å². The summed E-state index contributed by atoms with van der Waals surface area (Å²) < 4.78 is 0. The van der Waals surface area contributed by atoms with Gasteiger partial charge < -0.3 is 16.0 Å². The third kappa shape index (κ3) is 3.01. The molecule has 0 aromatic rings. The van der Waals surface area contributed by atoms with Gasteiger partial charge in [0.15, 0.2) is 0 Å². The Hall–Kier alpha value is -0.610. The molecule has 0 bridgehead atoms. The Kier molecular flexibility index (Phi) is 4.32. The van der Waals surface area contributed by atoms with E-state index in [0.717, 1.165) is 57.7 Å². The number of carbonyl (C=O) groups is 1. The number of nitrogens with one attached hydrogen (secondary N) is 1. The maximum Gasteiger partial charge on any atom is 0.240 e. The number of piperidine rings is 1. The average molecular weight is 279 g/mol.